The molecule has 1 aromatic heterocycles. The number of nitrogen functional groups attached to an aromatic ring is 1. The molecule has 1 atom stereocenters. The van der Waals surface area contributed by atoms with Crippen molar-refractivity contribution in [1.82, 2.24) is 9.88 Å². The Morgan fingerprint density at radius 3 is 3.06 bits per heavy atom. The van der Waals surface area contributed by atoms with E-state index in [1.165, 1.54) is 0 Å². The summed E-state index contributed by atoms with van der Waals surface area (Å²) in [6.07, 6.45) is 1.55. The van der Waals surface area contributed by atoms with Gasteiger partial charge in [0.25, 0.3) is 5.91 Å². The molecule has 0 aliphatic carbocycles. The summed E-state index contributed by atoms with van der Waals surface area (Å²) >= 11 is 1.89. The maximum atomic E-state index is 12.2. The number of nitrogens with two attached hydrogens (primary N) is 1. The van der Waals surface area contributed by atoms with Gasteiger partial charge in [-0.2, -0.15) is 11.8 Å². The van der Waals surface area contributed by atoms with Gasteiger partial charge in [0.1, 0.15) is 5.82 Å². The number of pyridine rings is 1. The van der Waals surface area contributed by atoms with Gasteiger partial charge < -0.3 is 10.6 Å². The van der Waals surface area contributed by atoms with Crippen LogP contribution >= 0.6 is 11.8 Å². The second-order valence-electron chi connectivity index (χ2n) is 3.89. The number of carbonyl (C=O) groups is 1. The maximum Gasteiger partial charge on any atom is 0.255 e. The number of hydrogen-bond donors (Lipinski definition) is 1. The molecule has 0 aromatic carbocycles. The van der Waals surface area contributed by atoms with Crippen molar-refractivity contribution >= 4 is 23.5 Å². The monoisotopic (exact) mass is 237 g/mol. The number of aromatic nitrogens is 1. The molecule has 1 aliphatic heterocycles. The van der Waals surface area contributed by atoms with Gasteiger partial charge in [-0.05, 0) is 19.1 Å². The highest BCUT2D eigenvalue weighted by Gasteiger charge is 2.24. The molecule has 1 amide bonds. The van der Waals surface area contributed by atoms with Crippen LogP contribution in [0.25, 0.3) is 0 Å². The summed E-state index contributed by atoms with van der Waals surface area (Å²) < 4.78 is 0. The summed E-state index contributed by atoms with van der Waals surface area (Å²) in [5.41, 5.74) is 6.11. The molecule has 1 saturated heterocycles. The Morgan fingerprint density at radius 2 is 2.44 bits per heavy atom. The summed E-state index contributed by atoms with van der Waals surface area (Å²) in [5, 5.41) is 0. The van der Waals surface area contributed by atoms with Crippen molar-refractivity contribution in [3.05, 3.63) is 23.9 Å². The van der Waals surface area contributed by atoms with Gasteiger partial charge in [-0.25, -0.2) is 4.98 Å². The van der Waals surface area contributed by atoms with Gasteiger partial charge in [0.15, 0.2) is 0 Å². The van der Waals surface area contributed by atoms with Crippen LogP contribution in [0.15, 0.2) is 18.3 Å². The van der Waals surface area contributed by atoms with Gasteiger partial charge >= 0.3 is 0 Å². The summed E-state index contributed by atoms with van der Waals surface area (Å²) in [7, 11) is 0. The molecule has 1 aliphatic rings. The smallest absolute Gasteiger partial charge is 0.255 e. The van der Waals surface area contributed by atoms with Crippen molar-refractivity contribution in [2.75, 3.05) is 23.8 Å². The lowest BCUT2D eigenvalue weighted by Gasteiger charge is -2.33. The van der Waals surface area contributed by atoms with Crippen LogP contribution < -0.4 is 5.73 Å². The first-order valence-electron chi connectivity index (χ1n) is 5.28. The van der Waals surface area contributed by atoms with E-state index in [0.717, 1.165) is 18.1 Å². The van der Waals surface area contributed by atoms with Gasteiger partial charge in [0, 0.05) is 30.3 Å². The minimum Gasteiger partial charge on any atom is -0.384 e. The predicted octanol–water partition coefficient (Wildman–Crippen LogP) is 1.24. The number of thioether (sulfide) groups is 1. The first-order chi connectivity index (χ1) is 7.68. The molecule has 4 nitrogen and oxygen atoms in total. The molecule has 5 heteroatoms. The van der Waals surface area contributed by atoms with E-state index >= 15 is 0 Å². The van der Waals surface area contributed by atoms with Crippen LogP contribution in [0.4, 0.5) is 5.82 Å². The number of hydrogen-bond acceptors (Lipinski definition) is 4. The molecule has 2 rings (SSSR count). The Hall–Kier alpha value is -1.23. The van der Waals surface area contributed by atoms with Gasteiger partial charge in [-0.15, -0.1) is 0 Å². The summed E-state index contributed by atoms with van der Waals surface area (Å²) in [5.74, 6) is 2.52. The Kier molecular flexibility index (Phi) is 3.33. The summed E-state index contributed by atoms with van der Waals surface area (Å²) in [6.45, 7) is 2.89. The Bertz CT molecular complexity index is 379. The lowest BCUT2D eigenvalue weighted by Crippen LogP contribution is -2.44. The highest BCUT2D eigenvalue weighted by molar-refractivity contribution is 7.99. The molecule has 86 valence electrons. The fraction of sp³-hybridized carbons (Fsp3) is 0.455. The molecule has 1 aromatic rings. The maximum absolute atomic E-state index is 12.2. The minimum atomic E-state index is 0.0558. The van der Waals surface area contributed by atoms with Crippen molar-refractivity contribution in [1.29, 1.82) is 0 Å². The highest BCUT2D eigenvalue weighted by Crippen LogP contribution is 2.18. The van der Waals surface area contributed by atoms with E-state index in [-0.39, 0.29) is 5.91 Å². The molecule has 0 bridgehead atoms. The van der Waals surface area contributed by atoms with Gasteiger partial charge in [-0.1, -0.05) is 0 Å². The lowest BCUT2D eigenvalue weighted by molar-refractivity contribution is 0.0715. The minimum absolute atomic E-state index is 0.0558. The zero-order valence-corrected chi connectivity index (χ0v) is 10.0. The van der Waals surface area contributed by atoms with Gasteiger partial charge in [0.05, 0.1) is 5.56 Å². The van der Waals surface area contributed by atoms with Crippen molar-refractivity contribution in [2.24, 2.45) is 0 Å². The molecule has 1 fully saturated rings. The Labute approximate surface area is 99.2 Å². The SMILES string of the molecule is CC1CSCCN1C(=O)c1ccc(N)nc1. The van der Waals surface area contributed by atoms with Crippen molar-refractivity contribution in [3.63, 3.8) is 0 Å². The van der Waals surface area contributed by atoms with E-state index in [1.807, 2.05) is 16.7 Å². The molecule has 0 saturated carbocycles. The van der Waals surface area contributed by atoms with E-state index in [1.54, 1.807) is 18.3 Å². The summed E-state index contributed by atoms with van der Waals surface area (Å²) in [4.78, 5) is 18.0. The number of nitrogens with zero attached hydrogens (tertiary/aromatic N) is 2. The van der Waals surface area contributed by atoms with Crippen LogP contribution in [0.1, 0.15) is 17.3 Å². The third-order valence-electron chi connectivity index (χ3n) is 2.66. The third kappa shape index (κ3) is 2.29. The second kappa shape index (κ2) is 4.74. The van der Waals surface area contributed by atoms with Crippen molar-refractivity contribution in [3.8, 4) is 0 Å². The van der Waals surface area contributed by atoms with E-state index in [2.05, 4.69) is 11.9 Å². The van der Waals surface area contributed by atoms with Crippen molar-refractivity contribution < 1.29 is 4.79 Å². The average Bonchev–Trinajstić information content (AvgIpc) is 2.30. The number of anilines is 1. The summed E-state index contributed by atoms with van der Waals surface area (Å²) in [6, 6.07) is 3.69. The predicted molar refractivity (Wildman–Crippen MR) is 66.5 cm³/mol. The number of carbonyl (C=O) groups excluding carboxylic acids is 1. The number of amides is 1. The topological polar surface area (TPSA) is 59.2 Å². The van der Waals surface area contributed by atoms with Crippen LogP contribution in [-0.2, 0) is 0 Å². The Balaban J connectivity index is 2.14. The first kappa shape index (κ1) is 11.3. The molecular formula is C11H15N3OS. The quantitative estimate of drug-likeness (QED) is 0.798. The van der Waals surface area contributed by atoms with Gasteiger partial charge in [-0.3, -0.25) is 4.79 Å². The normalized spacial score (nSPS) is 20.8. The van der Waals surface area contributed by atoms with Gasteiger partial charge in [0.2, 0.25) is 0 Å². The Morgan fingerprint density at radius 1 is 1.62 bits per heavy atom. The van der Waals surface area contributed by atoms with Crippen molar-refractivity contribution in [2.45, 2.75) is 13.0 Å². The average molecular weight is 237 g/mol. The zero-order chi connectivity index (χ0) is 11.5. The highest BCUT2D eigenvalue weighted by atomic mass is 32.2. The molecule has 16 heavy (non-hydrogen) atoms. The molecule has 1 unspecified atom stereocenters. The van der Waals surface area contributed by atoms with E-state index in [0.29, 0.717) is 17.4 Å². The molecule has 0 spiro atoms. The number of rotatable bonds is 1. The van der Waals surface area contributed by atoms with E-state index in [4.69, 9.17) is 5.73 Å². The standard InChI is InChI=1S/C11H15N3OS/c1-8-7-16-5-4-14(8)11(15)9-2-3-10(12)13-6-9/h2-3,6,8H,4-5,7H2,1H3,(H2,12,13). The van der Waals surface area contributed by atoms with Crippen LogP contribution in [-0.4, -0.2) is 39.9 Å². The van der Waals surface area contributed by atoms with Crippen LogP contribution in [0.5, 0.6) is 0 Å². The second-order valence-corrected chi connectivity index (χ2v) is 5.04. The molecule has 0 radical (unpaired) electrons. The molecule has 2 heterocycles. The first-order valence-corrected chi connectivity index (χ1v) is 6.44. The fourth-order valence-electron chi connectivity index (χ4n) is 1.73. The van der Waals surface area contributed by atoms with Crippen LogP contribution in [0.2, 0.25) is 0 Å². The third-order valence-corrected chi connectivity index (χ3v) is 3.85. The van der Waals surface area contributed by atoms with E-state index < -0.39 is 0 Å². The van der Waals surface area contributed by atoms with Crippen LogP contribution in [0, 0.1) is 0 Å². The zero-order valence-electron chi connectivity index (χ0n) is 9.22. The molecular weight excluding hydrogens is 222 g/mol. The molecule has 2 N–H and O–H groups in total. The lowest BCUT2D eigenvalue weighted by atomic mass is 10.2. The largest absolute Gasteiger partial charge is 0.384 e. The van der Waals surface area contributed by atoms with E-state index in [9.17, 15) is 4.79 Å². The van der Waals surface area contributed by atoms with Crippen LogP contribution in [0.3, 0.4) is 0 Å². The fourth-order valence-corrected chi connectivity index (χ4v) is 2.74.